The summed E-state index contributed by atoms with van der Waals surface area (Å²) >= 11 is 0. The summed E-state index contributed by atoms with van der Waals surface area (Å²) < 4.78 is 0. The maximum absolute atomic E-state index is 11.5. The van der Waals surface area contributed by atoms with Gasteiger partial charge >= 0.3 is 0 Å². The number of hydrogen-bond donors (Lipinski definition) is 0. The Labute approximate surface area is 96.3 Å². The molecule has 0 radical (unpaired) electrons. The van der Waals surface area contributed by atoms with Crippen LogP contribution in [0.2, 0.25) is 0 Å². The third kappa shape index (κ3) is 1.36. The van der Waals surface area contributed by atoms with E-state index in [-0.39, 0.29) is 5.91 Å². The molecule has 1 aromatic carbocycles. The molecule has 0 N–H and O–H groups in total. The molecule has 84 valence electrons. The predicted molar refractivity (Wildman–Crippen MR) is 63.2 cm³/mol. The smallest absolute Gasteiger partial charge is 0.219 e. The van der Waals surface area contributed by atoms with Crippen molar-refractivity contribution in [2.24, 2.45) is 0 Å². The van der Waals surface area contributed by atoms with Crippen LogP contribution in [0.1, 0.15) is 36.5 Å². The van der Waals surface area contributed by atoms with Gasteiger partial charge in [-0.15, -0.1) is 0 Å². The quantitative estimate of drug-likeness (QED) is 0.650. The van der Waals surface area contributed by atoms with Gasteiger partial charge in [-0.2, -0.15) is 0 Å². The van der Waals surface area contributed by atoms with E-state index in [4.69, 9.17) is 0 Å². The first kappa shape index (κ1) is 9.88. The number of hydrogen-bond acceptors (Lipinski definition) is 1. The van der Waals surface area contributed by atoms with E-state index in [1.165, 1.54) is 29.5 Å². The average molecular weight is 215 g/mol. The van der Waals surface area contributed by atoms with Crippen LogP contribution in [0.5, 0.6) is 0 Å². The van der Waals surface area contributed by atoms with Gasteiger partial charge in [-0.05, 0) is 30.9 Å². The van der Waals surface area contributed by atoms with Gasteiger partial charge in [-0.25, -0.2) is 0 Å². The van der Waals surface area contributed by atoms with Crippen molar-refractivity contribution >= 4 is 5.91 Å². The van der Waals surface area contributed by atoms with E-state index < -0.39 is 0 Å². The third-order valence-electron chi connectivity index (χ3n) is 3.99. The molecule has 2 aliphatic rings. The van der Waals surface area contributed by atoms with Crippen LogP contribution >= 0.6 is 0 Å². The standard InChI is InChI=1S/C14H17NO/c1-10-3-4-13-12(7-10)8-15(11(2)16)9-14(13)5-6-14/h3-4,7H,5-6,8-9H2,1-2H3. The highest BCUT2D eigenvalue weighted by Gasteiger charge is 2.49. The van der Waals surface area contributed by atoms with Crippen molar-refractivity contribution in [2.75, 3.05) is 6.54 Å². The molecule has 1 heterocycles. The summed E-state index contributed by atoms with van der Waals surface area (Å²) in [5.41, 5.74) is 4.46. The number of benzene rings is 1. The van der Waals surface area contributed by atoms with Crippen LogP contribution < -0.4 is 0 Å². The van der Waals surface area contributed by atoms with Crippen LogP contribution in [-0.2, 0) is 16.8 Å². The van der Waals surface area contributed by atoms with Gasteiger partial charge in [-0.3, -0.25) is 4.79 Å². The summed E-state index contributed by atoms with van der Waals surface area (Å²) in [5.74, 6) is 0.207. The summed E-state index contributed by atoms with van der Waals surface area (Å²) in [7, 11) is 0. The fourth-order valence-corrected chi connectivity index (χ4v) is 2.88. The first-order chi connectivity index (χ1) is 7.61. The first-order valence-corrected chi connectivity index (χ1v) is 5.96. The monoisotopic (exact) mass is 215 g/mol. The molecule has 0 atom stereocenters. The van der Waals surface area contributed by atoms with Crippen LogP contribution in [-0.4, -0.2) is 17.4 Å². The Bertz CT molecular complexity index is 460. The van der Waals surface area contributed by atoms with E-state index in [1.807, 2.05) is 4.90 Å². The largest absolute Gasteiger partial charge is 0.338 e. The molecule has 0 aromatic heterocycles. The van der Waals surface area contributed by atoms with Crippen LogP contribution in [0.3, 0.4) is 0 Å². The van der Waals surface area contributed by atoms with E-state index in [0.29, 0.717) is 5.41 Å². The fraction of sp³-hybridized carbons (Fsp3) is 0.500. The van der Waals surface area contributed by atoms with Crippen LogP contribution in [0.4, 0.5) is 0 Å². The van der Waals surface area contributed by atoms with Gasteiger partial charge < -0.3 is 4.90 Å². The van der Waals surface area contributed by atoms with Gasteiger partial charge in [0.05, 0.1) is 0 Å². The number of amides is 1. The summed E-state index contributed by atoms with van der Waals surface area (Å²) in [6.45, 7) is 5.52. The maximum Gasteiger partial charge on any atom is 0.219 e. The topological polar surface area (TPSA) is 20.3 Å². The van der Waals surface area contributed by atoms with Gasteiger partial charge in [0, 0.05) is 25.4 Å². The second-order valence-corrected chi connectivity index (χ2v) is 5.32. The van der Waals surface area contributed by atoms with E-state index in [9.17, 15) is 4.79 Å². The highest BCUT2D eigenvalue weighted by molar-refractivity contribution is 5.74. The summed E-state index contributed by atoms with van der Waals surface area (Å²) in [6.07, 6.45) is 2.49. The molecular weight excluding hydrogens is 198 g/mol. The summed E-state index contributed by atoms with van der Waals surface area (Å²) in [5, 5.41) is 0. The fourth-order valence-electron chi connectivity index (χ4n) is 2.88. The second kappa shape index (κ2) is 3.09. The van der Waals surface area contributed by atoms with Crippen molar-refractivity contribution in [1.29, 1.82) is 0 Å². The van der Waals surface area contributed by atoms with Gasteiger partial charge in [-0.1, -0.05) is 23.8 Å². The highest BCUT2D eigenvalue weighted by Crippen LogP contribution is 2.52. The number of aryl methyl sites for hydroxylation is 1. The molecular formula is C14H17NO. The van der Waals surface area contributed by atoms with E-state index in [0.717, 1.165) is 13.1 Å². The van der Waals surface area contributed by atoms with Gasteiger partial charge in [0.1, 0.15) is 0 Å². The first-order valence-electron chi connectivity index (χ1n) is 5.96. The molecule has 0 unspecified atom stereocenters. The van der Waals surface area contributed by atoms with Gasteiger partial charge in [0.15, 0.2) is 0 Å². The predicted octanol–water partition coefficient (Wildman–Crippen LogP) is 2.39. The lowest BCUT2D eigenvalue weighted by Gasteiger charge is -2.34. The SMILES string of the molecule is CC(=O)N1Cc2cc(C)ccc2C2(CC2)C1. The minimum absolute atomic E-state index is 0.207. The highest BCUT2D eigenvalue weighted by atomic mass is 16.2. The van der Waals surface area contributed by atoms with Crippen LogP contribution in [0, 0.1) is 6.92 Å². The Morgan fingerprint density at radius 1 is 1.38 bits per heavy atom. The van der Waals surface area contributed by atoms with Crippen molar-refractivity contribution in [1.82, 2.24) is 4.90 Å². The Kier molecular flexibility index (Phi) is 1.91. The minimum atomic E-state index is 0.207. The molecule has 1 aliphatic heterocycles. The Morgan fingerprint density at radius 3 is 2.75 bits per heavy atom. The molecule has 1 aliphatic carbocycles. The Balaban J connectivity index is 2.06. The Morgan fingerprint density at radius 2 is 2.12 bits per heavy atom. The van der Waals surface area contributed by atoms with E-state index >= 15 is 0 Å². The number of rotatable bonds is 0. The molecule has 0 bridgehead atoms. The molecule has 2 nitrogen and oxygen atoms in total. The number of fused-ring (bicyclic) bond motifs is 2. The van der Waals surface area contributed by atoms with E-state index in [2.05, 4.69) is 25.1 Å². The maximum atomic E-state index is 11.5. The molecule has 1 amide bonds. The lowest BCUT2D eigenvalue weighted by atomic mass is 9.86. The molecule has 2 heteroatoms. The molecule has 1 spiro atoms. The molecule has 0 saturated heterocycles. The van der Waals surface area contributed by atoms with Crippen molar-refractivity contribution in [3.05, 3.63) is 34.9 Å². The zero-order valence-electron chi connectivity index (χ0n) is 9.92. The number of carbonyl (C=O) groups is 1. The van der Waals surface area contributed by atoms with E-state index in [1.54, 1.807) is 6.92 Å². The minimum Gasteiger partial charge on any atom is -0.338 e. The zero-order valence-corrected chi connectivity index (χ0v) is 9.92. The lowest BCUT2D eigenvalue weighted by molar-refractivity contribution is -0.130. The lowest BCUT2D eigenvalue weighted by Crippen LogP contribution is -2.40. The summed E-state index contributed by atoms with van der Waals surface area (Å²) in [6, 6.07) is 6.71. The van der Waals surface area contributed by atoms with Crippen molar-refractivity contribution in [2.45, 2.75) is 38.6 Å². The second-order valence-electron chi connectivity index (χ2n) is 5.32. The van der Waals surface area contributed by atoms with Crippen LogP contribution in [0.15, 0.2) is 18.2 Å². The zero-order chi connectivity index (χ0) is 11.3. The average Bonchev–Trinajstić information content (AvgIpc) is 2.97. The molecule has 16 heavy (non-hydrogen) atoms. The van der Waals surface area contributed by atoms with Gasteiger partial charge in [0.25, 0.3) is 0 Å². The number of carbonyl (C=O) groups excluding carboxylic acids is 1. The van der Waals surface area contributed by atoms with Gasteiger partial charge in [0.2, 0.25) is 5.91 Å². The molecule has 1 aromatic rings. The van der Waals surface area contributed by atoms with Crippen molar-refractivity contribution < 1.29 is 4.79 Å². The van der Waals surface area contributed by atoms with Crippen molar-refractivity contribution in [3.63, 3.8) is 0 Å². The number of nitrogens with zero attached hydrogens (tertiary/aromatic N) is 1. The molecule has 1 saturated carbocycles. The Hall–Kier alpha value is -1.31. The van der Waals surface area contributed by atoms with Crippen LogP contribution in [0.25, 0.3) is 0 Å². The molecule has 1 fully saturated rings. The molecule has 3 rings (SSSR count). The normalized spacial score (nSPS) is 20.8. The van der Waals surface area contributed by atoms with Crippen molar-refractivity contribution in [3.8, 4) is 0 Å². The summed E-state index contributed by atoms with van der Waals surface area (Å²) in [4.78, 5) is 13.5. The third-order valence-corrected chi connectivity index (χ3v) is 3.99.